The number of hydrogen-bond acceptors (Lipinski definition) is 6. The summed E-state index contributed by atoms with van der Waals surface area (Å²) >= 11 is 0. The van der Waals surface area contributed by atoms with E-state index in [1.54, 1.807) is 14.2 Å². The Bertz CT molecular complexity index is 3280. The number of ether oxygens (including phenoxy) is 2. The van der Waals surface area contributed by atoms with Gasteiger partial charge in [0.05, 0.1) is 42.3 Å². The second-order valence-corrected chi connectivity index (χ2v) is 19.3. The SMILES string of the molecule is COc1ccc2c3c(oc2c1)B1c2oc4cc(OC)ccc4c2N(c2ccc(C(C)(C)C)cc2)c2cc(-n4c5ccccc5c5ccccc54)cc(c21)N3c1ccc(C(C)(C)C)cc1. The second kappa shape index (κ2) is 13.6. The van der Waals surface area contributed by atoms with Gasteiger partial charge in [0, 0.05) is 56.4 Å². The van der Waals surface area contributed by atoms with Crippen molar-refractivity contribution in [3.63, 3.8) is 0 Å². The van der Waals surface area contributed by atoms with Crippen LogP contribution in [0.15, 0.2) is 154 Å². The summed E-state index contributed by atoms with van der Waals surface area (Å²) in [5.74, 6) is 1.47. The highest BCUT2D eigenvalue weighted by Gasteiger charge is 2.50. The third-order valence-electron chi connectivity index (χ3n) is 13.5. The van der Waals surface area contributed by atoms with Gasteiger partial charge in [0.15, 0.2) is 0 Å². The lowest BCUT2D eigenvalue weighted by molar-refractivity contribution is 0.414. The van der Waals surface area contributed by atoms with Crippen LogP contribution in [0.3, 0.4) is 0 Å². The quantitative estimate of drug-likeness (QED) is 0.161. The van der Waals surface area contributed by atoms with Crippen LogP contribution in [-0.2, 0) is 10.8 Å². The molecule has 7 nitrogen and oxygen atoms in total. The van der Waals surface area contributed by atoms with Gasteiger partial charge < -0.3 is 32.7 Å². The van der Waals surface area contributed by atoms with Crippen molar-refractivity contribution in [2.45, 2.75) is 52.4 Å². The van der Waals surface area contributed by atoms with Gasteiger partial charge in [-0.05, 0) is 100 Å². The van der Waals surface area contributed by atoms with E-state index in [-0.39, 0.29) is 10.8 Å². The van der Waals surface area contributed by atoms with Crippen molar-refractivity contribution in [1.82, 2.24) is 4.57 Å². The van der Waals surface area contributed by atoms with Crippen molar-refractivity contribution in [2.24, 2.45) is 0 Å². The number of hydrogen-bond donors (Lipinski definition) is 0. The smallest absolute Gasteiger partial charge is 0.342 e. The summed E-state index contributed by atoms with van der Waals surface area (Å²) in [5, 5.41) is 4.40. The summed E-state index contributed by atoms with van der Waals surface area (Å²) in [4.78, 5) is 4.84. The van der Waals surface area contributed by atoms with Crippen LogP contribution in [0, 0.1) is 0 Å². The normalized spacial score (nSPS) is 13.5. The molecular formula is C56H48BN3O4. The van der Waals surface area contributed by atoms with E-state index in [1.165, 1.54) is 21.9 Å². The van der Waals surface area contributed by atoms with E-state index in [2.05, 4.69) is 177 Å². The molecule has 12 rings (SSSR count). The van der Waals surface area contributed by atoms with Gasteiger partial charge in [-0.3, -0.25) is 0 Å². The third-order valence-corrected chi connectivity index (χ3v) is 13.5. The van der Waals surface area contributed by atoms with Crippen molar-refractivity contribution in [3.05, 3.63) is 157 Å². The van der Waals surface area contributed by atoms with Crippen LogP contribution in [0.2, 0.25) is 0 Å². The van der Waals surface area contributed by atoms with E-state index in [0.717, 1.165) is 101 Å². The Kier molecular flexibility index (Phi) is 8.15. The largest absolute Gasteiger partial charge is 0.497 e. The number of para-hydroxylation sites is 2. The average molecular weight is 838 g/mol. The Balaban J connectivity index is 1.25. The monoisotopic (exact) mass is 837 g/mol. The van der Waals surface area contributed by atoms with Gasteiger partial charge in [-0.25, -0.2) is 0 Å². The maximum Gasteiger partial charge on any atom is 0.342 e. The molecule has 0 fully saturated rings. The van der Waals surface area contributed by atoms with E-state index in [0.29, 0.717) is 0 Å². The highest BCUT2D eigenvalue weighted by Crippen LogP contribution is 2.51. The van der Waals surface area contributed by atoms with Crippen LogP contribution in [0.1, 0.15) is 52.7 Å². The summed E-state index contributed by atoms with van der Waals surface area (Å²) < 4.78 is 28.4. The van der Waals surface area contributed by atoms with E-state index in [1.807, 2.05) is 24.3 Å². The third kappa shape index (κ3) is 5.54. The lowest BCUT2D eigenvalue weighted by Gasteiger charge is -2.41. The van der Waals surface area contributed by atoms with Gasteiger partial charge in [0.2, 0.25) is 0 Å². The molecule has 0 N–H and O–H groups in total. The summed E-state index contributed by atoms with van der Waals surface area (Å²) in [6.07, 6.45) is 0. The second-order valence-electron chi connectivity index (χ2n) is 19.3. The molecular weight excluding hydrogens is 789 g/mol. The molecule has 64 heavy (non-hydrogen) atoms. The summed E-state index contributed by atoms with van der Waals surface area (Å²) in [7, 11) is 3.40. The maximum atomic E-state index is 7.19. The summed E-state index contributed by atoms with van der Waals surface area (Å²) in [6.45, 7) is 13.2. The average Bonchev–Trinajstić information content (AvgIpc) is 3.97. The molecule has 0 saturated heterocycles. The molecule has 7 aromatic carbocycles. The van der Waals surface area contributed by atoms with Crippen molar-refractivity contribution < 1.29 is 18.3 Å². The highest BCUT2D eigenvalue weighted by molar-refractivity contribution is 6.99. The highest BCUT2D eigenvalue weighted by atomic mass is 16.5. The topological polar surface area (TPSA) is 56.2 Å². The predicted octanol–water partition coefficient (Wildman–Crippen LogP) is 13.0. The molecule has 10 aromatic rings. The van der Waals surface area contributed by atoms with Gasteiger partial charge in [0.1, 0.15) is 34.0 Å². The molecule has 0 amide bonds. The van der Waals surface area contributed by atoms with E-state index in [9.17, 15) is 0 Å². The maximum absolute atomic E-state index is 7.19. The summed E-state index contributed by atoms with van der Waals surface area (Å²) in [6, 6.07) is 52.7. The zero-order chi connectivity index (χ0) is 43.8. The number of rotatable bonds is 5. The van der Waals surface area contributed by atoms with Gasteiger partial charge in [-0.1, -0.05) is 102 Å². The van der Waals surface area contributed by atoms with Crippen LogP contribution < -0.4 is 36.1 Å². The zero-order valence-corrected chi connectivity index (χ0v) is 37.4. The molecule has 5 heterocycles. The first-order chi connectivity index (χ1) is 30.9. The van der Waals surface area contributed by atoms with Crippen molar-refractivity contribution in [1.29, 1.82) is 0 Å². The lowest BCUT2D eigenvalue weighted by Crippen LogP contribution is -2.60. The van der Waals surface area contributed by atoms with Crippen LogP contribution in [0.5, 0.6) is 11.5 Å². The molecule has 0 radical (unpaired) electrons. The van der Waals surface area contributed by atoms with Gasteiger partial charge in [0.25, 0.3) is 0 Å². The van der Waals surface area contributed by atoms with Crippen LogP contribution in [0.25, 0.3) is 49.4 Å². The molecule has 314 valence electrons. The Morgan fingerprint density at radius 2 is 0.875 bits per heavy atom. The Morgan fingerprint density at radius 1 is 0.453 bits per heavy atom. The molecule has 8 heteroatoms. The number of furan rings is 2. The molecule has 0 atom stereocenters. The molecule has 0 bridgehead atoms. The minimum Gasteiger partial charge on any atom is -0.497 e. The number of benzene rings is 7. The fourth-order valence-corrected chi connectivity index (χ4v) is 10.3. The first-order valence-corrected chi connectivity index (χ1v) is 22.1. The molecule has 0 spiro atoms. The Labute approximate surface area is 373 Å². The van der Waals surface area contributed by atoms with Crippen LogP contribution in [-0.4, -0.2) is 25.5 Å². The Morgan fingerprint density at radius 3 is 1.28 bits per heavy atom. The van der Waals surface area contributed by atoms with E-state index < -0.39 is 6.71 Å². The minimum absolute atomic E-state index is 0.0192. The van der Waals surface area contributed by atoms with Crippen molar-refractivity contribution in [3.8, 4) is 17.2 Å². The molecule has 2 aliphatic heterocycles. The number of methoxy groups -OCH3 is 2. The number of aromatic nitrogens is 1. The van der Waals surface area contributed by atoms with Gasteiger partial charge in [-0.15, -0.1) is 0 Å². The van der Waals surface area contributed by atoms with Crippen molar-refractivity contribution >= 4 is 101 Å². The summed E-state index contributed by atoms with van der Waals surface area (Å²) in [5.41, 5.74) is 16.2. The standard InChI is InChI=1S/C56H48BN3O4/c1-55(2,3)33-17-21-35(22-18-33)59-46-29-37(58-44-15-11-9-13-40(44)41-14-10-12-16-45(41)58)30-47-50(46)57(53-51(59)42-27-25-38(61-7)31-48(42)63-53)54-52(43-28-26-39(62-8)32-49(43)64-54)60(47)36-23-19-34(20-24-36)56(4,5)6/h9-32H,1-8H3. The molecule has 0 aliphatic carbocycles. The van der Waals surface area contributed by atoms with Crippen molar-refractivity contribution in [2.75, 3.05) is 24.0 Å². The Hall–Kier alpha value is -7.32. The van der Waals surface area contributed by atoms with E-state index >= 15 is 0 Å². The first kappa shape index (κ1) is 38.4. The van der Waals surface area contributed by atoms with Gasteiger partial charge in [-0.2, -0.15) is 0 Å². The minimum atomic E-state index is -0.394. The number of nitrogens with zero attached hydrogens (tertiary/aromatic N) is 3. The molecule has 3 aromatic heterocycles. The van der Waals surface area contributed by atoms with E-state index in [4.69, 9.17) is 18.3 Å². The molecule has 0 saturated carbocycles. The number of fused-ring (bicyclic) bond motifs is 11. The molecule has 2 aliphatic rings. The molecule has 0 unspecified atom stereocenters. The van der Waals surface area contributed by atoms with Crippen LogP contribution in [0.4, 0.5) is 34.1 Å². The first-order valence-electron chi connectivity index (χ1n) is 22.1. The van der Waals surface area contributed by atoms with Gasteiger partial charge >= 0.3 is 6.71 Å². The number of anilines is 6. The zero-order valence-electron chi connectivity index (χ0n) is 37.4. The fourth-order valence-electron chi connectivity index (χ4n) is 10.3. The fraction of sp³-hybridized carbons (Fsp3) is 0.179. The predicted molar refractivity (Wildman–Crippen MR) is 265 cm³/mol. The van der Waals surface area contributed by atoms with Crippen LogP contribution >= 0.6 is 0 Å². The lowest BCUT2D eigenvalue weighted by atomic mass is 9.37.